The molecule has 0 spiro atoms. The molecule has 0 fully saturated rings. The molecule has 4 aromatic rings. The summed E-state index contributed by atoms with van der Waals surface area (Å²) >= 11 is 12.7. The van der Waals surface area contributed by atoms with Crippen LogP contribution in [0.1, 0.15) is 41.6 Å². The normalized spacial score (nSPS) is 12.1. The summed E-state index contributed by atoms with van der Waals surface area (Å²) in [5.74, 6) is -0.246. The molecule has 0 saturated heterocycles. The van der Waals surface area contributed by atoms with E-state index >= 15 is 4.39 Å². The number of halogens is 3. The third-order valence-corrected chi connectivity index (χ3v) is 6.13. The molecule has 1 aromatic carbocycles. The number of nitrogens with two attached hydrogens (primary N) is 1. The lowest BCUT2D eigenvalue weighted by molar-refractivity contribution is 0.0822. The maximum absolute atomic E-state index is 15.4. The molecule has 2 N–H and O–H groups in total. The molecule has 182 valence electrons. The van der Waals surface area contributed by atoms with Gasteiger partial charge in [0.15, 0.2) is 16.8 Å². The van der Waals surface area contributed by atoms with E-state index < -0.39 is 11.7 Å². The first-order valence-electron chi connectivity index (χ1n) is 10.8. The van der Waals surface area contributed by atoms with Crippen LogP contribution in [0.15, 0.2) is 36.8 Å². The van der Waals surface area contributed by atoms with Crippen molar-refractivity contribution < 1.29 is 13.9 Å². The van der Waals surface area contributed by atoms with Gasteiger partial charge in [-0.1, -0.05) is 36.2 Å². The number of carbonyl (C=O) groups excluding carboxylic acids is 1. The first-order chi connectivity index (χ1) is 16.6. The Kier molecular flexibility index (Phi) is 6.82. The molecule has 8 nitrogen and oxygen atoms in total. The van der Waals surface area contributed by atoms with Crippen molar-refractivity contribution in [1.82, 2.24) is 24.3 Å². The minimum Gasteiger partial charge on any atom is -0.493 e. The van der Waals surface area contributed by atoms with Crippen LogP contribution in [0, 0.1) is 5.82 Å². The summed E-state index contributed by atoms with van der Waals surface area (Å²) in [6.45, 7) is 3.96. The maximum Gasteiger partial charge on any atom is 0.271 e. The lowest BCUT2D eigenvalue weighted by Gasteiger charge is -2.21. The summed E-state index contributed by atoms with van der Waals surface area (Å²) in [6, 6.07) is 4.67. The molecule has 1 amide bonds. The van der Waals surface area contributed by atoms with Crippen molar-refractivity contribution in [2.45, 2.75) is 19.8 Å². The van der Waals surface area contributed by atoms with Crippen LogP contribution in [-0.2, 0) is 0 Å². The molecule has 3 heterocycles. The number of hydrogen-bond acceptors (Lipinski definition) is 6. The van der Waals surface area contributed by atoms with E-state index in [1.807, 2.05) is 6.92 Å². The Balaban J connectivity index is 1.90. The molecule has 1 atom stereocenters. The van der Waals surface area contributed by atoms with Crippen LogP contribution < -0.4 is 10.5 Å². The number of imidazole rings is 1. The van der Waals surface area contributed by atoms with Crippen LogP contribution in [0.4, 0.5) is 10.2 Å². The number of anilines is 1. The number of hydrogen-bond donors (Lipinski definition) is 1. The highest BCUT2D eigenvalue weighted by atomic mass is 35.5. The van der Waals surface area contributed by atoms with Crippen molar-refractivity contribution in [2.75, 3.05) is 26.4 Å². The zero-order valence-electron chi connectivity index (χ0n) is 19.5. The zero-order chi connectivity index (χ0) is 25.4. The van der Waals surface area contributed by atoms with Crippen molar-refractivity contribution in [3.05, 3.63) is 69.9 Å². The zero-order valence-corrected chi connectivity index (χ0v) is 21.0. The number of amides is 1. The maximum atomic E-state index is 15.4. The number of benzene rings is 1. The summed E-state index contributed by atoms with van der Waals surface area (Å²) in [7, 11) is 3.26. The van der Waals surface area contributed by atoms with E-state index in [1.165, 1.54) is 23.2 Å². The Labute approximate surface area is 211 Å². The second-order valence-corrected chi connectivity index (χ2v) is 8.81. The number of nitrogens with zero attached hydrogens (tertiary/aromatic N) is 5. The van der Waals surface area contributed by atoms with E-state index in [2.05, 4.69) is 15.0 Å². The number of carbonyl (C=O) groups is 1. The van der Waals surface area contributed by atoms with Crippen LogP contribution in [0.3, 0.4) is 0 Å². The van der Waals surface area contributed by atoms with E-state index in [-0.39, 0.29) is 39.8 Å². The SMILES string of the molecule is CCOc1c(C(C)c2nc(Cl)c3c(N)nccn23)cc(Cl)c(F)c1-c1ccc(C(=O)N(C)C)nc1. The van der Waals surface area contributed by atoms with Crippen LogP contribution in [0.25, 0.3) is 16.6 Å². The second kappa shape index (κ2) is 9.67. The third kappa shape index (κ3) is 4.37. The number of fused-ring (bicyclic) bond motifs is 1. The van der Waals surface area contributed by atoms with Crippen molar-refractivity contribution in [1.29, 1.82) is 0 Å². The van der Waals surface area contributed by atoms with E-state index in [0.717, 1.165) is 0 Å². The number of ether oxygens (including phenoxy) is 1. The summed E-state index contributed by atoms with van der Waals surface area (Å²) in [5.41, 5.74) is 7.87. The quantitative estimate of drug-likeness (QED) is 0.384. The van der Waals surface area contributed by atoms with Crippen molar-refractivity contribution >= 4 is 40.4 Å². The van der Waals surface area contributed by atoms with Gasteiger partial charge in [-0.2, -0.15) is 0 Å². The fraction of sp³-hybridized carbons (Fsp3) is 0.250. The monoisotopic (exact) mass is 516 g/mol. The van der Waals surface area contributed by atoms with Gasteiger partial charge in [-0.15, -0.1) is 0 Å². The summed E-state index contributed by atoms with van der Waals surface area (Å²) in [4.78, 5) is 26.4. The lowest BCUT2D eigenvalue weighted by atomic mass is 9.93. The molecule has 35 heavy (non-hydrogen) atoms. The molecule has 0 aliphatic rings. The van der Waals surface area contributed by atoms with Gasteiger partial charge in [-0.05, 0) is 19.1 Å². The van der Waals surface area contributed by atoms with E-state index in [0.29, 0.717) is 28.2 Å². The van der Waals surface area contributed by atoms with Crippen LogP contribution in [0.5, 0.6) is 5.75 Å². The molecule has 1 unspecified atom stereocenters. The van der Waals surface area contributed by atoms with Crippen molar-refractivity contribution in [3.63, 3.8) is 0 Å². The first-order valence-corrected chi connectivity index (χ1v) is 11.5. The predicted molar refractivity (Wildman–Crippen MR) is 134 cm³/mol. The lowest BCUT2D eigenvalue weighted by Crippen LogP contribution is -2.22. The minimum absolute atomic E-state index is 0.0908. The van der Waals surface area contributed by atoms with E-state index in [9.17, 15) is 4.79 Å². The van der Waals surface area contributed by atoms with Gasteiger partial charge in [0.05, 0.1) is 17.2 Å². The van der Waals surface area contributed by atoms with Gasteiger partial charge in [0.2, 0.25) is 0 Å². The molecule has 0 saturated carbocycles. The smallest absolute Gasteiger partial charge is 0.271 e. The highest BCUT2D eigenvalue weighted by Crippen LogP contribution is 2.44. The Morgan fingerprint density at radius 2 is 2.03 bits per heavy atom. The van der Waals surface area contributed by atoms with Gasteiger partial charge in [0.25, 0.3) is 5.91 Å². The van der Waals surface area contributed by atoms with Gasteiger partial charge < -0.3 is 15.4 Å². The van der Waals surface area contributed by atoms with E-state index in [1.54, 1.807) is 43.9 Å². The molecular weight excluding hydrogens is 494 g/mol. The van der Waals surface area contributed by atoms with Gasteiger partial charge >= 0.3 is 0 Å². The Hall–Kier alpha value is -3.43. The highest BCUT2D eigenvalue weighted by molar-refractivity contribution is 6.33. The van der Waals surface area contributed by atoms with Gasteiger partial charge in [0, 0.05) is 49.7 Å². The largest absolute Gasteiger partial charge is 0.493 e. The summed E-state index contributed by atoms with van der Waals surface area (Å²) < 4.78 is 23.1. The number of pyridine rings is 1. The minimum atomic E-state index is -0.654. The fourth-order valence-electron chi connectivity index (χ4n) is 3.89. The molecule has 0 aliphatic carbocycles. The van der Waals surface area contributed by atoms with Crippen molar-refractivity contribution in [3.8, 4) is 16.9 Å². The van der Waals surface area contributed by atoms with Gasteiger partial charge in [-0.25, -0.2) is 14.4 Å². The standard InChI is InChI=1S/C24H23Cl2FN6O2/c1-5-35-20-14(12(2)23-31-21(26)19-22(28)29-8-9-33(19)23)10-15(25)18(27)17(20)13-6-7-16(30-11-13)24(34)32(3)4/h6-12H,5H2,1-4H3,(H2,28,29). The highest BCUT2D eigenvalue weighted by Gasteiger charge is 2.27. The van der Waals surface area contributed by atoms with Crippen LogP contribution in [0.2, 0.25) is 10.2 Å². The third-order valence-electron chi connectivity index (χ3n) is 5.59. The number of aromatic nitrogens is 4. The number of rotatable bonds is 6. The van der Waals surface area contributed by atoms with Crippen LogP contribution >= 0.6 is 23.2 Å². The van der Waals surface area contributed by atoms with Gasteiger partial charge in [0.1, 0.15) is 22.8 Å². The molecule has 0 aliphatic heterocycles. The first kappa shape index (κ1) is 24.7. The second-order valence-electron chi connectivity index (χ2n) is 8.04. The molecule has 3 aromatic heterocycles. The fourth-order valence-corrected chi connectivity index (χ4v) is 4.38. The molecule has 0 bridgehead atoms. The summed E-state index contributed by atoms with van der Waals surface area (Å²) in [5, 5.41) is 0.112. The molecular formula is C24H23Cl2FN6O2. The Morgan fingerprint density at radius 3 is 2.66 bits per heavy atom. The summed E-state index contributed by atoms with van der Waals surface area (Å²) in [6.07, 6.45) is 4.68. The Morgan fingerprint density at radius 1 is 1.29 bits per heavy atom. The van der Waals surface area contributed by atoms with E-state index in [4.69, 9.17) is 33.7 Å². The van der Waals surface area contributed by atoms with Gasteiger partial charge in [-0.3, -0.25) is 14.2 Å². The molecule has 0 radical (unpaired) electrons. The molecule has 4 rings (SSSR count). The number of nitrogen functional groups attached to an aromatic ring is 1. The van der Waals surface area contributed by atoms with Crippen molar-refractivity contribution in [2.24, 2.45) is 0 Å². The van der Waals surface area contributed by atoms with Crippen LogP contribution in [-0.4, -0.2) is 50.9 Å². The molecule has 11 heteroatoms. The average molecular weight is 517 g/mol. The average Bonchev–Trinajstić information content (AvgIpc) is 3.18. The topological polar surface area (TPSA) is 98.6 Å². The Bertz CT molecular complexity index is 1420. The predicted octanol–water partition coefficient (Wildman–Crippen LogP) is 5.07.